The van der Waals surface area contributed by atoms with Crippen LogP contribution in [0.15, 0.2) is 51.4 Å². The number of nitrogens with one attached hydrogen (secondary N) is 1. The van der Waals surface area contributed by atoms with Crippen LogP contribution in [0.1, 0.15) is 11.1 Å². The highest BCUT2D eigenvalue weighted by atomic mass is 79.9. The second kappa shape index (κ2) is 8.23. The van der Waals surface area contributed by atoms with Crippen LogP contribution in [-0.4, -0.2) is 6.61 Å². The van der Waals surface area contributed by atoms with E-state index in [-0.39, 0.29) is 6.61 Å². The van der Waals surface area contributed by atoms with Gasteiger partial charge in [-0.3, -0.25) is 0 Å². The summed E-state index contributed by atoms with van der Waals surface area (Å²) in [7, 11) is 0. The van der Waals surface area contributed by atoms with Crippen LogP contribution in [0.3, 0.4) is 0 Å². The highest BCUT2D eigenvalue weighted by Gasteiger charge is 2.04. The molecule has 0 fully saturated rings. The first-order valence-electron chi connectivity index (χ1n) is 6.49. The second-order valence-electron chi connectivity index (χ2n) is 4.48. The molecule has 2 aromatic carbocycles. The smallest absolute Gasteiger partial charge is 0.148 e. The van der Waals surface area contributed by atoms with E-state index < -0.39 is 0 Å². The zero-order chi connectivity index (χ0) is 15.1. The zero-order valence-electron chi connectivity index (χ0n) is 11.4. The number of halogens is 2. The van der Waals surface area contributed by atoms with E-state index in [4.69, 9.17) is 11.2 Å². The molecule has 0 aliphatic heterocycles. The van der Waals surface area contributed by atoms with Crippen molar-refractivity contribution in [1.82, 2.24) is 5.32 Å². The summed E-state index contributed by atoms with van der Waals surface area (Å²) in [5.74, 6) is 3.30. The van der Waals surface area contributed by atoms with Gasteiger partial charge in [0, 0.05) is 27.6 Å². The van der Waals surface area contributed by atoms with E-state index in [1.807, 2.05) is 30.3 Å². The predicted molar refractivity (Wildman–Crippen MR) is 93.2 cm³/mol. The average molecular weight is 409 g/mol. The summed E-state index contributed by atoms with van der Waals surface area (Å²) in [5.41, 5.74) is 2.31. The first kappa shape index (κ1) is 16.1. The van der Waals surface area contributed by atoms with Crippen LogP contribution in [0.25, 0.3) is 0 Å². The lowest BCUT2D eigenvalue weighted by atomic mass is 10.2. The van der Waals surface area contributed by atoms with Crippen LogP contribution in [0.5, 0.6) is 5.75 Å². The summed E-state index contributed by atoms with van der Waals surface area (Å²) in [6.45, 7) is 1.78. The van der Waals surface area contributed by atoms with Gasteiger partial charge in [-0.05, 0) is 35.9 Å². The van der Waals surface area contributed by atoms with E-state index in [2.05, 4.69) is 55.2 Å². The molecule has 1 N–H and O–H groups in total. The molecule has 0 aliphatic rings. The molecule has 108 valence electrons. The Balaban J connectivity index is 1.99. The van der Waals surface area contributed by atoms with E-state index in [9.17, 15) is 0 Å². The van der Waals surface area contributed by atoms with Crippen molar-refractivity contribution < 1.29 is 4.74 Å². The van der Waals surface area contributed by atoms with E-state index in [1.165, 1.54) is 5.56 Å². The van der Waals surface area contributed by atoms with Crippen molar-refractivity contribution in [3.8, 4) is 18.1 Å². The first-order chi connectivity index (χ1) is 10.2. The molecule has 0 heterocycles. The summed E-state index contributed by atoms with van der Waals surface area (Å²) in [6, 6.07) is 14.2. The van der Waals surface area contributed by atoms with Crippen LogP contribution < -0.4 is 10.1 Å². The number of rotatable bonds is 6. The maximum atomic E-state index is 5.56. The van der Waals surface area contributed by atoms with Gasteiger partial charge in [0.05, 0.1) is 0 Å². The molecule has 0 saturated heterocycles. The molecule has 0 unspecified atom stereocenters. The molecular formula is C17H15Br2NO. The summed E-state index contributed by atoms with van der Waals surface area (Å²) in [6.07, 6.45) is 5.24. The molecular weight excluding hydrogens is 394 g/mol. The lowest BCUT2D eigenvalue weighted by Crippen LogP contribution is -2.13. The van der Waals surface area contributed by atoms with Crippen molar-refractivity contribution >= 4 is 31.9 Å². The van der Waals surface area contributed by atoms with E-state index >= 15 is 0 Å². The van der Waals surface area contributed by atoms with Crippen LogP contribution >= 0.6 is 31.9 Å². The van der Waals surface area contributed by atoms with E-state index in [0.29, 0.717) is 6.54 Å². The first-order valence-corrected chi connectivity index (χ1v) is 8.07. The van der Waals surface area contributed by atoms with Gasteiger partial charge in [0.2, 0.25) is 0 Å². The summed E-state index contributed by atoms with van der Waals surface area (Å²) in [5, 5.41) is 3.42. The van der Waals surface area contributed by atoms with Crippen molar-refractivity contribution in [2.45, 2.75) is 13.1 Å². The van der Waals surface area contributed by atoms with Crippen molar-refractivity contribution in [2.24, 2.45) is 0 Å². The molecule has 4 heteroatoms. The molecule has 2 nitrogen and oxygen atoms in total. The maximum Gasteiger partial charge on any atom is 0.148 e. The van der Waals surface area contributed by atoms with Crippen LogP contribution in [0.4, 0.5) is 0 Å². The molecule has 0 amide bonds. The summed E-state index contributed by atoms with van der Waals surface area (Å²) < 4.78 is 7.67. The molecule has 0 atom stereocenters. The van der Waals surface area contributed by atoms with Gasteiger partial charge in [0.25, 0.3) is 0 Å². The average Bonchev–Trinajstić information content (AvgIpc) is 2.46. The van der Waals surface area contributed by atoms with Crippen LogP contribution in [-0.2, 0) is 13.1 Å². The number of terminal acetylenes is 1. The molecule has 0 radical (unpaired) electrons. The van der Waals surface area contributed by atoms with Gasteiger partial charge in [-0.25, -0.2) is 0 Å². The normalized spacial score (nSPS) is 10.1. The Hall–Kier alpha value is -1.28. The minimum Gasteiger partial charge on any atom is -0.481 e. The van der Waals surface area contributed by atoms with Gasteiger partial charge in [-0.15, -0.1) is 6.42 Å². The minimum absolute atomic E-state index is 0.278. The van der Waals surface area contributed by atoms with E-state index in [0.717, 1.165) is 26.8 Å². The Morgan fingerprint density at radius 3 is 2.62 bits per heavy atom. The Morgan fingerprint density at radius 2 is 1.86 bits per heavy atom. The number of hydrogen-bond acceptors (Lipinski definition) is 2. The van der Waals surface area contributed by atoms with E-state index in [1.54, 1.807) is 0 Å². The monoisotopic (exact) mass is 407 g/mol. The quantitative estimate of drug-likeness (QED) is 0.709. The lowest BCUT2D eigenvalue weighted by Gasteiger charge is -2.11. The second-order valence-corrected chi connectivity index (χ2v) is 6.31. The highest BCUT2D eigenvalue weighted by Crippen LogP contribution is 2.23. The fourth-order valence-electron chi connectivity index (χ4n) is 1.93. The molecule has 0 bridgehead atoms. The van der Waals surface area contributed by atoms with Crippen molar-refractivity contribution in [3.63, 3.8) is 0 Å². The standard InChI is InChI=1S/C17H15Br2NO/c1-2-8-21-17-7-6-16(19)10-14(17)12-20-11-13-4-3-5-15(18)9-13/h1,3-7,9-10,20H,8,11-12H2. The van der Waals surface area contributed by atoms with Gasteiger partial charge in [-0.2, -0.15) is 0 Å². The minimum atomic E-state index is 0.278. The Labute approximate surface area is 142 Å². The molecule has 0 aromatic heterocycles. The third-order valence-electron chi connectivity index (χ3n) is 2.87. The third-order valence-corrected chi connectivity index (χ3v) is 3.85. The number of benzene rings is 2. The molecule has 2 aromatic rings. The van der Waals surface area contributed by atoms with Gasteiger partial charge in [0.15, 0.2) is 0 Å². The number of hydrogen-bond donors (Lipinski definition) is 1. The van der Waals surface area contributed by atoms with Crippen LogP contribution in [0.2, 0.25) is 0 Å². The largest absolute Gasteiger partial charge is 0.481 e. The highest BCUT2D eigenvalue weighted by molar-refractivity contribution is 9.10. The summed E-state index contributed by atoms with van der Waals surface area (Å²) in [4.78, 5) is 0. The molecule has 0 aliphatic carbocycles. The third kappa shape index (κ3) is 5.20. The number of ether oxygens (including phenoxy) is 1. The van der Waals surface area contributed by atoms with Gasteiger partial charge in [0.1, 0.15) is 12.4 Å². The fraction of sp³-hybridized carbons (Fsp3) is 0.176. The van der Waals surface area contributed by atoms with Crippen LogP contribution in [0, 0.1) is 12.3 Å². The SMILES string of the molecule is C#CCOc1ccc(Br)cc1CNCc1cccc(Br)c1. The maximum absolute atomic E-state index is 5.56. The van der Waals surface area contributed by atoms with Crippen molar-refractivity contribution in [2.75, 3.05) is 6.61 Å². The van der Waals surface area contributed by atoms with Gasteiger partial charge in [-0.1, -0.05) is 49.9 Å². The summed E-state index contributed by atoms with van der Waals surface area (Å²) >= 11 is 6.96. The Kier molecular flexibility index (Phi) is 6.31. The molecule has 0 saturated carbocycles. The van der Waals surface area contributed by atoms with Gasteiger partial charge >= 0.3 is 0 Å². The molecule has 2 rings (SSSR count). The Bertz CT molecular complexity index is 649. The fourth-order valence-corrected chi connectivity index (χ4v) is 2.79. The van der Waals surface area contributed by atoms with Crippen molar-refractivity contribution in [3.05, 3.63) is 62.5 Å². The lowest BCUT2D eigenvalue weighted by molar-refractivity contribution is 0.364. The van der Waals surface area contributed by atoms with Gasteiger partial charge < -0.3 is 10.1 Å². The molecule has 0 spiro atoms. The van der Waals surface area contributed by atoms with Crippen molar-refractivity contribution in [1.29, 1.82) is 0 Å². The Morgan fingerprint density at radius 1 is 1.05 bits per heavy atom. The topological polar surface area (TPSA) is 21.3 Å². The molecule has 21 heavy (non-hydrogen) atoms. The zero-order valence-corrected chi connectivity index (χ0v) is 14.6. The predicted octanol–water partition coefficient (Wildman–Crippen LogP) is 4.51.